The van der Waals surface area contributed by atoms with Gasteiger partial charge in [0.05, 0.1) is 11.9 Å². The average Bonchev–Trinajstić information content (AvgIpc) is 2.86. The van der Waals surface area contributed by atoms with Gasteiger partial charge in [0, 0.05) is 35.6 Å². The number of halogens is 2. The molecule has 10 heteroatoms. The zero-order valence-electron chi connectivity index (χ0n) is 19.9. The fraction of sp³-hybridized carbons (Fsp3) is 0.231. The van der Waals surface area contributed by atoms with E-state index in [9.17, 15) is 18.0 Å². The van der Waals surface area contributed by atoms with E-state index in [0.29, 0.717) is 21.3 Å². The number of hydrogen-bond donors (Lipinski definition) is 1. The lowest BCUT2D eigenvalue weighted by molar-refractivity contribution is -0.139. The highest BCUT2D eigenvalue weighted by molar-refractivity contribution is 7.92. The highest BCUT2D eigenvalue weighted by Crippen LogP contribution is 2.28. The molecule has 0 heterocycles. The van der Waals surface area contributed by atoms with Crippen LogP contribution in [0.1, 0.15) is 11.1 Å². The normalized spacial score (nSPS) is 12.0. The minimum Gasteiger partial charge on any atom is -0.357 e. The molecule has 3 rings (SSSR count). The smallest absolute Gasteiger partial charge is 0.244 e. The Bertz CT molecular complexity index is 1290. The number of nitrogens with one attached hydrogen (secondary N) is 1. The van der Waals surface area contributed by atoms with Crippen molar-refractivity contribution >= 4 is 50.7 Å². The molecule has 190 valence electrons. The summed E-state index contributed by atoms with van der Waals surface area (Å²) < 4.78 is 26.3. The van der Waals surface area contributed by atoms with Crippen molar-refractivity contribution in [2.75, 3.05) is 24.2 Å². The molecule has 3 aromatic carbocycles. The van der Waals surface area contributed by atoms with Gasteiger partial charge in [-0.3, -0.25) is 13.9 Å². The van der Waals surface area contributed by atoms with Crippen molar-refractivity contribution in [3.63, 3.8) is 0 Å². The summed E-state index contributed by atoms with van der Waals surface area (Å²) in [7, 11) is -2.33. The van der Waals surface area contributed by atoms with Gasteiger partial charge in [0.1, 0.15) is 12.6 Å². The summed E-state index contributed by atoms with van der Waals surface area (Å²) in [5.74, 6) is -0.981. The molecule has 0 aliphatic carbocycles. The van der Waals surface area contributed by atoms with E-state index in [4.69, 9.17) is 23.2 Å². The van der Waals surface area contributed by atoms with Crippen LogP contribution in [0.4, 0.5) is 5.69 Å². The van der Waals surface area contributed by atoms with Crippen molar-refractivity contribution in [1.82, 2.24) is 10.2 Å². The lowest BCUT2D eigenvalue weighted by Gasteiger charge is -2.33. The number of para-hydroxylation sites is 1. The fourth-order valence-corrected chi connectivity index (χ4v) is 5.15. The van der Waals surface area contributed by atoms with Gasteiger partial charge in [-0.25, -0.2) is 8.42 Å². The SMILES string of the molecule is CNC(=O)[C@H](Cc1ccccc1)N(Cc1c(Cl)cccc1Cl)C(=O)CN(c1ccccc1)S(C)(=O)=O. The first kappa shape index (κ1) is 27.5. The maximum atomic E-state index is 13.8. The van der Waals surface area contributed by atoms with Gasteiger partial charge in [0.25, 0.3) is 0 Å². The van der Waals surface area contributed by atoms with Crippen LogP contribution in [0.25, 0.3) is 0 Å². The quantitative estimate of drug-likeness (QED) is 0.413. The van der Waals surface area contributed by atoms with Gasteiger partial charge in [-0.2, -0.15) is 0 Å². The van der Waals surface area contributed by atoms with Gasteiger partial charge in [0.15, 0.2) is 0 Å². The molecule has 0 saturated carbocycles. The second kappa shape index (κ2) is 12.3. The zero-order chi connectivity index (χ0) is 26.3. The van der Waals surface area contributed by atoms with Crippen LogP contribution in [-0.2, 0) is 32.6 Å². The zero-order valence-corrected chi connectivity index (χ0v) is 22.2. The monoisotopic (exact) mass is 547 g/mol. The molecule has 1 N–H and O–H groups in total. The van der Waals surface area contributed by atoms with E-state index in [0.717, 1.165) is 16.1 Å². The molecule has 0 bridgehead atoms. The Labute approximate surface area is 221 Å². The van der Waals surface area contributed by atoms with Crippen molar-refractivity contribution in [3.8, 4) is 0 Å². The fourth-order valence-electron chi connectivity index (χ4n) is 3.78. The molecule has 0 fully saturated rings. The van der Waals surface area contributed by atoms with Crippen molar-refractivity contribution in [2.24, 2.45) is 0 Å². The highest BCUT2D eigenvalue weighted by Gasteiger charge is 2.33. The molecule has 7 nitrogen and oxygen atoms in total. The Kier molecular flexibility index (Phi) is 9.37. The van der Waals surface area contributed by atoms with Crippen molar-refractivity contribution < 1.29 is 18.0 Å². The molecule has 3 aromatic rings. The molecule has 0 aromatic heterocycles. The van der Waals surface area contributed by atoms with Crippen molar-refractivity contribution in [2.45, 2.75) is 19.0 Å². The topological polar surface area (TPSA) is 86.8 Å². The van der Waals surface area contributed by atoms with E-state index in [1.165, 1.54) is 11.9 Å². The largest absolute Gasteiger partial charge is 0.357 e. The molecule has 0 spiro atoms. The first-order valence-corrected chi connectivity index (χ1v) is 13.7. The van der Waals surface area contributed by atoms with Crippen molar-refractivity contribution in [3.05, 3.63) is 100 Å². The first-order chi connectivity index (χ1) is 17.1. The molecule has 0 saturated heterocycles. The highest BCUT2D eigenvalue weighted by atomic mass is 35.5. The molecule has 1 atom stereocenters. The molecule has 0 unspecified atom stereocenters. The van der Waals surface area contributed by atoms with E-state index < -0.39 is 34.4 Å². The molecular weight excluding hydrogens is 521 g/mol. The maximum absolute atomic E-state index is 13.8. The molecule has 36 heavy (non-hydrogen) atoms. The molecule has 0 aliphatic rings. The molecule has 2 amide bonds. The number of anilines is 1. The maximum Gasteiger partial charge on any atom is 0.244 e. The Hall–Kier alpha value is -3.07. The van der Waals surface area contributed by atoms with Crippen LogP contribution >= 0.6 is 23.2 Å². The Morgan fingerprint density at radius 3 is 1.97 bits per heavy atom. The number of benzene rings is 3. The Morgan fingerprint density at radius 2 is 1.44 bits per heavy atom. The number of rotatable bonds is 10. The lowest BCUT2D eigenvalue weighted by Crippen LogP contribution is -2.53. The summed E-state index contributed by atoms with van der Waals surface area (Å²) in [6, 6.07) is 21.6. The standard InChI is InChI=1S/C26H27Cl2N3O4S/c1-29-26(33)24(16-19-10-5-3-6-11-19)30(17-21-22(27)14-9-15-23(21)28)25(32)18-31(36(2,34)35)20-12-7-4-8-13-20/h3-15,24H,16-18H2,1-2H3,(H,29,33)/t24-/m0/s1. The van der Waals surface area contributed by atoms with Gasteiger partial charge < -0.3 is 10.2 Å². The lowest BCUT2D eigenvalue weighted by atomic mass is 10.0. The molecular formula is C26H27Cl2N3O4S. The number of likely N-dealkylation sites (N-methyl/N-ethyl adjacent to an activating group) is 1. The minimum atomic E-state index is -3.81. The minimum absolute atomic E-state index is 0.0886. The van der Waals surface area contributed by atoms with Gasteiger partial charge in [-0.05, 0) is 29.8 Å². The summed E-state index contributed by atoms with van der Waals surface area (Å²) in [4.78, 5) is 28.2. The number of nitrogens with zero attached hydrogens (tertiary/aromatic N) is 2. The summed E-state index contributed by atoms with van der Waals surface area (Å²) in [5.41, 5.74) is 1.63. The molecule has 0 radical (unpaired) electrons. The van der Waals surface area contributed by atoms with E-state index in [1.807, 2.05) is 30.3 Å². The van der Waals surface area contributed by atoms with Crippen LogP contribution in [0.5, 0.6) is 0 Å². The van der Waals surface area contributed by atoms with Gasteiger partial charge in [0.2, 0.25) is 21.8 Å². The predicted molar refractivity (Wildman–Crippen MR) is 144 cm³/mol. The summed E-state index contributed by atoms with van der Waals surface area (Å²) >= 11 is 12.8. The van der Waals surface area contributed by atoms with Gasteiger partial charge in [-0.1, -0.05) is 77.8 Å². The Morgan fingerprint density at radius 1 is 0.889 bits per heavy atom. The van der Waals surface area contributed by atoms with Crippen LogP contribution in [0.3, 0.4) is 0 Å². The van der Waals surface area contributed by atoms with Crippen LogP contribution in [0.15, 0.2) is 78.9 Å². The third kappa shape index (κ3) is 7.00. The first-order valence-electron chi connectivity index (χ1n) is 11.1. The third-order valence-corrected chi connectivity index (χ3v) is 7.48. The number of amides is 2. The van der Waals surface area contributed by atoms with Gasteiger partial charge in [-0.15, -0.1) is 0 Å². The van der Waals surface area contributed by atoms with Crippen molar-refractivity contribution in [1.29, 1.82) is 0 Å². The van der Waals surface area contributed by atoms with Crippen LogP contribution in [0.2, 0.25) is 10.0 Å². The number of sulfonamides is 1. The van der Waals surface area contributed by atoms with Crippen LogP contribution in [0, 0.1) is 0 Å². The van der Waals surface area contributed by atoms with E-state index >= 15 is 0 Å². The number of carbonyl (C=O) groups excluding carboxylic acids is 2. The Balaban J connectivity index is 2.06. The third-order valence-electron chi connectivity index (χ3n) is 5.63. The summed E-state index contributed by atoms with van der Waals surface area (Å²) in [5, 5.41) is 3.28. The molecule has 0 aliphatic heterocycles. The van der Waals surface area contributed by atoms with E-state index in [-0.39, 0.29) is 13.0 Å². The van der Waals surface area contributed by atoms with Crippen LogP contribution < -0.4 is 9.62 Å². The van der Waals surface area contributed by atoms with Crippen LogP contribution in [-0.4, -0.2) is 51.0 Å². The second-order valence-corrected chi connectivity index (χ2v) is 10.9. The van der Waals surface area contributed by atoms with E-state index in [1.54, 1.807) is 48.5 Å². The number of carbonyl (C=O) groups is 2. The number of hydrogen-bond acceptors (Lipinski definition) is 4. The van der Waals surface area contributed by atoms with E-state index in [2.05, 4.69) is 5.32 Å². The predicted octanol–water partition coefficient (Wildman–Crippen LogP) is 4.15. The summed E-state index contributed by atoms with van der Waals surface area (Å²) in [6.07, 6.45) is 1.24. The average molecular weight is 548 g/mol. The van der Waals surface area contributed by atoms with Gasteiger partial charge >= 0.3 is 0 Å². The second-order valence-electron chi connectivity index (χ2n) is 8.15. The summed E-state index contributed by atoms with van der Waals surface area (Å²) in [6.45, 7) is -0.595.